The fourth-order valence-corrected chi connectivity index (χ4v) is 2.84. The predicted octanol–water partition coefficient (Wildman–Crippen LogP) is 1.35. The van der Waals surface area contributed by atoms with Gasteiger partial charge in [-0.3, -0.25) is 4.79 Å². The van der Waals surface area contributed by atoms with Crippen LogP contribution in [0.4, 0.5) is 0 Å². The number of halogens is 1. The van der Waals surface area contributed by atoms with E-state index in [2.05, 4.69) is 35.0 Å². The van der Waals surface area contributed by atoms with Crippen LogP contribution in [0.1, 0.15) is 13.3 Å². The van der Waals surface area contributed by atoms with E-state index in [-0.39, 0.29) is 6.04 Å². The van der Waals surface area contributed by atoms with Crippen LogP contribution in [-0.4, -0.2) is 64.7 Å². The Kier molecular flexibility index (Phi) is 10.4. The molecule has 5 nitrogen and oxygen atoms in total. The van der Waals surface area contributed by atoms with E-state index in [1.54, 1.807) is 6.26 Å². The molecule has 1 aliphatic rings. The lowest BCUT2D eigenvalue weighted by Gasteiger charge is -2.37. The van der Waals surface area contributed by atoms with E-state index >= 15 is 0 Å². The van der Waals surface area contributed by atoms with Crippen molar-refractivity contribution in [3.8, 4) is 0 Å². The van der Waals surface area contributed by atoms with Crippen LogP contribution in [0.2, 0.25) is 0 Å². The normalized spacial score (nSPS) is 18.0. The number of carbonyl (C=O) groups is 1. The van der Waals surface area contributed by atoms with Crippen molar-refractivity contribution in [1.29, 1.82) is 0 Å². The van der Waals surface area contributed by atoms with Crippen molar-refractivity contribution < 1.29 is 9.00 Å². The maximum absolute atomic E-state index is 11.4. The average Bonchev–Trinajstić information content (AvgIpc) is 2.53. The second-order valence-electron chi connectivity index (χ2n) is 4.56. The second kappa shape index (κ2) is 10.8. The van der Waals surface area contributed by atoms with Crippen LogP contribution < -0.4 is 5.32 Å². The van der Waals surface area contributed by atoms with Crippen molar-refractivity contribution in [3.63, 3.8) is 0 Å². The molecule has 1 aliphatic heterocycles. The molecular formula is C14H26ClN3O2S. The van der Waals surface area contributed by atoms with E-state index in [0.29, 0.717) is 6.41 Å². The molecule has 1 unspecified atom stereocenters. The number of alkyl halides is 1. The van der Waals surface area contributed by atoms with E-state index in [1.165, 1.54) is 6.38 Å². The Bertz CT molecular complexity index is 382. The number of nitrogens with one attached hydrogen (secondary N) is 1. The number of hydrogen-bond acceptors (Lipinski definition) is 3. The Morgan fingerprint density at radius 3 is 2.24 bits per heavy atom. The lowest BCUT2D eigenvalue weighted by atomic mass is 10.0. The summed E-state index contributed by atoms with van der Waals surface area (Å²) in [5.74, 6) is 0. The number of nitrogens with zero attached hydrogens (tertiary/aromatic N) is 2. The highest BCUT2D eigenvalue weighted by molar-refractivity contribution is 7.81. The smallest absolute Gasteiger partial charge is 0.207 e. The summed E-state index contributed by atoms with van der Waals surface area (Å²) in [6.45, 7) is 13.2. The molecule has 21 heavy (non-hydrogen) atoms. The van der Waals surface area contributed by atoms with Gasteiger partial charge in [-0.1, -0.05) is 20.1 Å². The number of amides is 1. The maximum Gasteiger partial charge on any atom is 0.207 e. The summed E-state index contributed by atoms with van der Waals surface area (Å²) in [4.78, 5) is 12.7. The third-order valence-electron chi connectivity index (χ3n) is 3.45. The van der Waals surface area contributed by atoms with Crippen LogP contribution in [0, 0.1) is 0 Å². The molecule has 0 aromatic rings. The molecule has 0 aromatic heterocycles. The minimum Gasteiger partial charge on any atom is -0.369 e. The van der Waals surface area contributed by atoms with E-state index in [0.717, 1.165) is 43.9 Å². The monoisotopic (exact) mass is 335 g/mol. The zero-order valence-corrected chi connectivity index (χ0v) is 14.7. The van der Waals surface area contributed by atoms with Gasteiger partial charge in [-0.25, -0.2) is 8.51 Å². The number of rotatable bonds is 7. The summed E-state index contributed by atoms with van der Waals surface area (Å²) in [5, 5.41) is 2.75. The molecule has 1 fully saturated rings. The molecule has 1 saturated heterocycles. The van der Waals surface area contributed by atoms with E-state index < -0.39 is 11.0 Å². The van der Waals surface area contributed by atoms with Gasteiger partial charge in [0, 0.05) is 44.5 Å². The largest absolute Gasteiger partial charge is 0.369 e. The first-order valence-corrected chi connectivity index (χ1v) is 9.07. The van der Waals surface area contributed by atoms with Gasteiger partial charge in [0.15, 0.2) is 0 Å². The van der Waals surface area contributed by atoms with Gasteiger partial charge in [0.1, 0.15) is 0 Å². The van der Waals surface area contributed by atoms with Gasteiger partial charge in [0.25, 0.3) is 0 Å². The summed E-state index contributed by atoms with van der Waals surface area (Å²) in [5.41, 5.74) is 1.71. The Morgan fingerprint density at radius 1 is 1.33 bits per heavy atom. The highest BCUT2D eigenvalue weighted by Gasteiger charge is 2.23. The summed E-state index contributed by atoms with van der Waals surface area (Å²) < 4.78 is 13.3. The van der Waals surface area contributed by atoms with Gasteiger partial charge in [-0.2, -0.15) is 0 Å². The van der Waals surface area contributed by atoms with Crippen molar-refractivity contribution in [2.45, 2.75) is 19.4 Å². The molecule has 0 radical (unpaired) electrons. The van der Waals surface area contributed by atoms with Gasteiger partial charge in [-0.05, 0) is 12.0 Å². The van der Waals surface area contributed by atoms with E-state index in [9.17, 15) is 9.00 Å². The number of hydrogen-bond donors (Lipinski definition) is 1. The first-order valence-electron chi connectivity index (χ1n) is 6.80. The molecule has 0 aromatic carbocycles. The average molecular weight is 336 g/mol. The number of piperazine rings is 1. The summed E-state index contributed by atoms with van der Waals surface area (Å²) in [6, 6.07) is -0.0664. The summed E-state index contributed by atoms with van der Waals surface area (Å²) >= 11 is 4.64. The quantitative estimate of drug-likeness (QED) is 0.434. The van der Waals surface area contributed by atoms with Gasteiger partial charge >= 0.3 is 0 Å². The van der Waals surface area contributed by atoms with Crippen molar-refractivity contribution in [2.24, 2.45) is 0 Å². The van der Waals surface area contributed by atoms with Crippen molar-refractivity contribution in [1.82, 2.24) is 14.5 Å². The molecule has 2 atom stereocenters. The van der Waals surface area contributed by atoms with Crippen LogP contribution in [0.15, 0.2) is 24.4 Å². The molecule has 122 valence electrons. The van der Waals surface area contributed by atoms with Crippen LogP contribution in [-0.2, 0) is 15.8 Å². The van der Waals surface area contributed by atoms with Crippen molar-refractivity contribution >= 4 is 29.0 Å². The Morgan fingerprint density at radius 2 is 1.86 bits per heavy atom. The van der Waals surface area contributed by atoms with Gasteiger partial charge in [0.2, 0.25) is 6.41 Å². The second-order valence-corrected chi connectivity index (χ2v) is 5.92. The van der Waals surface area contributed by atoms with Gasteiger partial charge < -0.3 is 10.2 Å². The minimum absolute atomic E-state index is 0.0664. The summed E-state index contributed by atoms with van der Waals surface area (Å²) in [7, 11) is -0.908. The van der Waals surface area contributed by atoms with Crippen LogP contribution in [0.5, 0.6) is 0 Å². The van der Waals surface area contributed by atoms with Crippen molar-refractivity contribution in [3.05, 3.63) is 24.4 Å². The fourth-order valence-electron chi connectivity index (χ4n) is 2.17. The Labute approximate surface area is 135 Å². The SMILES string of the molecule is C=C(C(=C)N1CCN(S(C)=O)CC1)[C@H](CC)NC=O.CCl. The minimum atomic E-state index is -0.908. The van der Waals surface area contributed by atoms with Crippen molar-refractivity contribution in [2.75, 3.05) is 38.8 Å². The standard InChI is InChI=1S/C13H23N3O2S.CH3Cl/c1-5-13(14-10-17)11(2)12(3)15-6-8-16(9-7-15)19(4)18;1-2/h10,13H,2-3,5-9H2,1,4H3,(H,14,17);1H3/t13-,19?;/m0./s1. The Hall–Kier alpha value is -0.850. The zero-order chi connectivity index (χ0) is 16.4. The van der Waals surface area contributed by atoms with Gasteiger partial charge in [-0.15, -0.1) is 11.6 Å². The molecule has 7 heteroatoms. The topological polar surface area (TPSA) is 52.6 Å². The van der Waals surface area contributed by atoms with E-state index in [1.807, 2.05) is 11.2 Å². The molecule has 1 N–H and O–H groups in total. The lowest BCUT2D eigenvalue weighted by Crippen LogP contribution is -2.47. The maximum atomic E-state index is 11.4. The first-order chi connectivity index (χ1) is 10.0. The van der Waals surface area contributed by atoms with Crippen LogP contribution in [0.25, 0.3) is 0 Å². The molecular weight excluding hydrogens is 310 g/mol. The first kappa shape index (κ1) is 20.1. The lowest BCUT2D eigenvalue weighted by molar-refractivity contribution is -0.109. The molecule has 1 amide bonds. The molecule has 0 aliphatic carbocycles. The third kappa shape index (κ3) is 6.20. The predicted molar refractivity (Wildman–Crippen MR) is 90.5 cm³/mol. The zero-order valence-electron chi connectivity index (χ0n) is 13.1. The highest BCUT2D eigenvalue weighted by atomic mass is 35.5. The van der Waals surface area contributed by atoms with Crippen LogP contribution >= 0.6 is 11.6 Å². The van der Waals surface area contributed by atoms with Gasteiger partial charge in [0.05, 0.1) is 17.0 Å². The third-order valence-corrected chi connectivity index (χ3v) is 4.55. The van der Waals surface area contributed by atoms with E-state index in [4.69, 9.17) is 0 Å². The molecule has 1 heterocycles. The molecule has 0 bridgehead atoms. The summed E-state index contributed by atoms with van der Waals surface area (Å²) in [6.07, 6.45) is 4.66. The molecule has 0 saturated carbocycles. The highest BCUT2D eigenvalue weighted by Crippen LogP contribution is 2.19. The molecule has 1 rings (SSSR count). The van der Waals surface area contributed by atoms with Crippen LogP contribution in [0.3, 0.4) is 0 Å². The fraction of sp³-hybridized carbons (Fsp3) is 0.643. The Balaban J connectivity index is 0.00000191. The number of carbonyl (C=O) groups excluding carboxylic acids is 1. The molecule has 0 spiro atoms.